The zero-order chi connectivity index (χ0) is 16.0. The summed E-state index contributed by atoms with van der Waals surface area (Å²) in [4.78, 5) is 0. The number of sulfonamides is 1. The third-order valence-electron chi connectivity index (χ3n) is 4.15. The maximum Gasteiger partial charge on any atom is 0.214 e. The van der Waals surface area contributed by atoms with Crippen molar-refractivity contribution in [3.05, 3.63) is 29.8 Å². The van der Waals surface area contributed by atoms with Crippen LogP contribution in [0.25, 0.3) is 0 Å². The molecular formula is C16H25NO4S. The average Bonchev–Trinajstić information content (AvgIpc) is 2.53. The number of likely N-dealkylation sites (N-methyl/N-ethyl adjacent to an activating group) is 1. The Balaban J connectivity index is 1.91. The Kier molecular flexibility index (Phi) is 6.23. The lowest BCUT2D eigenvalue weighted by atomic mass is 10.0. The molecule has 0 saturated carbocycles. The van der Waals surface area contributed by atoms with Crippen molar-refractivity contribution in [3.63, 3.8) is 0 Å². The molecule has 0 unspecified atom stereocenters. The molecule has 0 radical (unpaired) electrons. The first-order chi connectivity index (χ1) is 10.5. The van der Waals surface area contributed by atoms with Crippen molar-refractivity contribution in [2.45, 2.75) is 19.3 Å². The lowest BCUT2D eigenvalue weighted by Crippen LogP contribution is -2.35. The third-order valence-corrected chi connectivity index (χ3v) is 6.18. The van der Waals surface area contributed by atoms with E-state index in [0.717, 1.165) is 24.2 Å². The first-order valence-corrected chi connectivity index (χ1v) is 9.27. The molecule has 1 aromatic carbocycles. The number of hydrogen-bond acceptors (Lipinski definition) is 4. The van der Waals surface area contributed by atoms with Gasteiger partial charge in [-0.25, -0.2) is 12.7 Å². The highest BCUT2D eigenvalue weighted by atomic mass is 32.2. The van der Waals surface area contributed by atoms with Crippen molar-refractivity contribution >= 4 is 10.0 Å². The van der Waals surface area contributed by atoms with E-state index in [1.165, 1.54) is 4.31 Å². The number of ether oxygens (including phenoxy) is 2. The summed E-state index contributed by atoms with van der Waals surface area (Å²) in [6.45, 7) is 1.81. The molecule has 1 aromatic rings. The molecule has 0 aromatic heterocycles. The fraction of sp³-hybridized carbons (Fsp3) is 0.625. The summed E-state index contributed by atoms with van der Waals surface area (Å²) in [6, 6.07) is 7.71. The molecule has 6 heteroatoms. The van der Waals surface area contributed by atoms with Crippen LogP contribution in [0.15, 0.2) is 24.3 Å². The van der Waals surface area contributed by atoms with Crippen LogP contribution in [0.4, 0.5) is 0 Å². The molecule has 5 nitrogen and oxygen atoms in total. The van der Waals surface area contributed by atoms with E-state index in [9.17, 15) is 8.42 Å². The van der Waals surface area contributed by atoms with Gasteiger partial charge >= 0.3 is 0 Å². The molecule has 1 aliphatic rings. The minimum Gasteiger partial charge on any atom is -0.496 e. The first-order valence-electron chi connectivity index (χ1n) is 7.66. The van der Waals surface area contributed by atoms with E-state index < -0.39 is 10.0 Å². The van der Waals surface area contributed by atoms with Crippen molar-refractivity contribution in [2.24, 2.45) is 5.92 Å². The first kappa shape index (κ1) is 17.2. The quantitative estimate of drug-likeness (QED) is 0.768. The molecule has 2 rings (SSSR count). The number of para-hydroxylation sites is 1. The van der Waals surface area contributed by atoms with E-state index >= 15 is 0 Å². The monoisotopic (exact) mass is 327 g/mol. The van der Waals surface area contributed by atoms with Crippen LogP contribution in [0.5, 0.6) is 5.75 Å². The molecule has 1 fully saturated rings. The van der Waals surface area contributed by atoms with Gasteiger partial charge in [-0.3, -0.25) is 0 Å². The summed E-state index contributed by atoms with van der Waals surface area (Å²) in [5.74, 6) is 1.24. The van der Waals surface area contributed by atoms with Crippen LogP contribution in [0.3, 0.4) is 0 Å². The Bertz CT molecular complexity index is 567. The number of rotatable bonds is 7. The minimum atomic E-state index is -3.21. The van der Waals surface area contributed by atoms with Crippen LogP contribution in [0, 0.1) is 5.92 Å². The van der Waals surface area contributed by atoms with Gasteiger partial charge in [-0.05, 0) is 36.8 Å². The fourth-order valence-electron chi connectivity index (χ4n) is 2.66. The van der Waals surface area contributed by atoms with E-state index in [2.05, 4.69) is 0 Å². The third kappa shape index (κ3) is 4.69. The lowest BCUT2D eigenvalue weighted by Gasteiger charge is -2.25. The van der Waals surface area contributed by atoms with Gasteiger partial charge in [0.2, 0.25) is 10.0 Å². The van der Waals surface area contributed by atoms with Gasteiger partial charge < -0.3 is 9.47 Å². The highest BCUT2D eigenvalue weighted by molar-refractivity contribution is 7.89. The van der Waals surface area contributed by atoms with Crippen LogP contribution in [0.2, 0.25) is 0 Å². The van der Waals surface area contributed by atoms with Crippen LogP contribution in [0.1, 0.15) is 18.4 Å². The molecule has 0 bridgehead atoms. The van der Waals surface area contributed by atoms with E-state index in [1.807, 2.05) is 24.3 Å². The normalized spacial score (nSPS) is 16.9. The van der Waals surface area contributed by atoms with Crippen molar-refractivity contribution < 1.29 is 17.9 Å². The highest BCUT2D eigenvalue weighted by Gasteiger charge is 2.25. The van der Waals surface area contributed by atoms with Gasteiger partial charge in [-0.1, -0.05) is 18.2 Å². The van der Waals surface area contributed by atoms with Crippen LogP contribution in [-0.2, 0) is 21.2 Å². The second kappa shape index (κ2) is 7.94. The molecule has 0 spiro atoms. The van der Waals surface area contributed by atoms with Crippen LogP contribution in [-0.4, -0.2) is 52.4 Å². The van der Waals surface area contributed by atoms with Gasteiger partial charge in [-0.15, -0.1) is 0 Å². The van der Waals surface area contributed by atoms with E-state index in [4.69, 9.17) is 9.47 Å². The minimum absolute atomic E-state index is 0.215. The fourth-order valence-corrected chi connectivity index (χ4v) is 4.22. The van der Waals surface area contributed by atoms with E-state index in [-0.39, 0.29) is 11.7 Å². The molecule has 1 aliphatic heterocycles. The van der Waals surface area contributed by atoms with Gasteiger partial charge in [0.1, 0.15) is 5.75 Å². The number of nitrogens with zero attached hydrogens (tertiary/aromatic N) is 1. The predicted molar refractivity (Wildman–Crippen MR) is 86.7 cm³/mol. The Morgan fingerprint density at radius 1 is 1.27 bits per heavy atom. The van der Waals surface area contributed by atoms with Gasteiger partial charge in [-0.2, -0.15) is 0 Å². The second-order valence-corrected chi connectivity index (χ2v) is 7.84. The smallest absolute Gasteiger partial charge is 0.214 e. The average molecular weight is 327 g/mol. The summed E-state index contributed by atoms with van der Waals surface area (Å²) in [6.07, 6.45) is 2.31. The molecule has 0 amide bonds. The predicted octanol–water partition coefficient (Wildman–Crippen LogP) is 1.93. The van der Waals surface area contributed by atoms with E-state index in [1.54, 1.807) is 14.2 Å². The molecule has 0 N–H and O–H groups in total. The van der Waals surface area contributed by atoms with Gasteiger partial charge in [0, 0.05) is 26.8 Å². The summed E-state index contributed by atoms with van der Waals surface area (Å²) in [5, 5.41) is 0. The topological polar surface area (TPSA) is 55.8 Å². The molecule has 1 saturated heterocycles. The Morgan fingerprint density at radius 3 is 2.64 bits per heavy atom. The zero-order valence-corrected chi connectivity index (χ0v) is 14.1. The number of hydrogen-bond donors (Lipinski definition) is 0. The Labute approximate surface area is 133 Å². The molecule has 124 valence electrons. The highest BCUT2D eigenvalue weighted by Crippen LogP contribution is 2.20. The van der Waals surface area contributed by atoms with Crippen LogP contribution < -0.4 is 4.74 Å². The van der Waals surface area contributed by atoms with Crippen molar-refractivity contribution in [1.82, 2.24) is 4.31 Å². The summed E-state index contributed by atoms with van der Waals surface area (Å²) in [5.41, 5.74) is 1.03. The molecular weight excluding hydrogens is 302 g/mol. The van der Waals surface area contributed by atoms with E-state index in [0.29, 0.717) is 26.2 Å². The van der Waals surface area contributed by atoms with Gasteiger partial charge in [0.15, 0.2) is 0 Å². The van der Waals surface area contributed by atoms with Crippen molar-refractivity contribution in [3.8, 4) is 5.75 Å². The maximum atomic E-state index is 12.4. The zero-order valence-electron chi connectivity index (χ0n) is 13.3. The van der Waals surface area contributed by atoms with Crippen molar-refractivity contribution in [2.75, 3.05) is 39.7 Å². The standard InChI is InChI=1S/C16H25NO4S/c1-17(10-7-15-5-3-4-6-16(15)20-2)22(18,19)13-14-8-11-21-12-9-14/h3-6,14H,7-13H2,1-2H3. The van der Waals surface area contributed by atoms with Gasteiger partial charge in [0.05, 0.1) is 12.9 Å². The maximum absolute atomic E-state index is 12.4. The summed E-state index contributed by atoms with van der Waals surface area (Å²) in [7, 11) is 0.0736. The SMILES string of the molecule is COc1ccccc1CCN(C)S(=O)(=O)CC1CCOCC1. The Hall–Kier alpha value is -1.11. The molecule has 22 heavy (non-hydrogen) atoms. The number of methoxy groups -OCH3 is 1. The van der Waals surface area contributed by atoms with Gasteiger partial charge in [0.25, 0.3) is 0 Å². The second-order valence-electron chi connectivity index (χ2n) is 5.72. The lowest BCUT2D eigenvalue weighted by molar-refractivity contribution is 0.0721. The molecule has 1 heterocycles. The Morgan fingerprint density at radius 2 is 1.95 bits per heavy atom. The number of benzene rings is 1. The largest absolute Gasteiger partial charge is 0.496 e. The summed E-state index contributed by atoms with van der Waals surface area (Å²) < 4.78 is 36.9. The van der Waals surface area contributed by atoms with Crippen LogP contribution >= 0.6 is 0 Å². The van der Waals surface area contributed by atoms with Crippen molar-refractivity contribution in [1.29, 1.82) is 0 Å². The molecule has 0 atom stereocenters. The summed E-state index contributed by atoms with van der Waals surface area (Å²) >= 11 is 0. The molecule has 0 aliphatic carbocycles.